The minimum absolute atomic E-state index is 0.0585. The lowest BCUT2D eigenvalue weighted by Crippen LogP contribution is -2.27. The molecule has 2 aliphatic rings. The van der Waals surface area contributed by atoms with E-state index in [-0.39, 0.29) is 11.9 Å². The Morgan fingerprint density at radius 1 is 1.23 bits per heavy atom. The summed E-state index contributed by atoms with van der Waals surface area (Å²) in [6.07, 6.45) is 7.78. The van der Waals surface area contributed by atoms with Crippen LogP contribution in [0.15, 0.2) is 0 Å². The molecule has 0 aliphatic heterocycles. The topological polar surface area (TPSA) is 70.7 Å². The molecule has 5 nitrogen and oxygen atoms in total. The molecular formula is C16H20N4OS. The maximum absolute atomic E-state index is 12.5. The van der Waals surface area contributed by atoms with Gasteiger partial charge in [-0.1, -0.05) is 0 Å². The van der Waals surface area contributed by atoms with Crippen molar-refractivity contribution in [1.82, 2.24) is 20.5 Å². The number of rotatable bonds is 3. The van der Waals surface area contributed by atoms with Gasteiger partial charge in [-0.2, -0.15) is 5.10 Å². The molecule has 0 spiro atoms. The van der Waals surface area contributed by atoms with Crippen molar-refractivity contribution < 1.29 is 4.79 Å². The first-order valence-electron chi connectivity index (χ1n) is 8.08. The van der Waals surface area contributed by atoms with E-state index in [1.54, 1.807) is 11.3 Å². The number of carbonyl (C=O) groups is 1. The number of H-pyrrole nitrogens is 1. The van der Waals surface area contributed by atoms with E-state index in [0.717, 1.165) is 48.4 Å². The lowest BCUT2D eigenvalue weighted by Gasteiger charge is -2.10. The Kier molecular flexibility index (Phi) is 3.48. The van der Waals surface area contributed by atoms with Gasteiger partial charge in [0.05, 0.1) is 11.7 Å². The Labute approximate surface area is 133 Å². The second-order valence-electron chi connectivity index (χ2n) is 6.21. The zero-order valence-corrected chi connectivity index (χ0v) is 13.6. The van der Waals surface area contributed by atoms with E-state index in [1.807, 2.05) is 6.92 Å². The predicted molar refractivity (Wildman–Crippen MR) is 85.2 cm³/mol. The van der Waals surface area contributed by atoms with Gasteiger partial charge >= 0.3 is 0 Å². The average Bonchev–Trinajstić information content (AvgIpc) is 3.21. The highest BCUT2D eigenvalue weighted by atomic mass is 32.1. The third-order valence-electron chi connectivity index (χ3n) is 4.60. The van der Waals surface area contributed by atoms with Crippen molar-refractivity contribution in [2.24, 2.45) is 0 Å². The molecule has 0 saturated carbocycles. The number of hydrogen-bond acceptors (Lipinski definition) is 4. The van der Waals surface area contributed by atoms with E-state index in [1.165, 1.54) is 23.4 Å². The number of amides is 1. The molecule has 0 saturated heterocycles. The van der Waals surface area contributed by atoms with Gasteiger partial charge in [0.2, 0.25) is 0 Å². The standard InChI is InChI=1S/C16H20N4OS/c1-9(16-18-12-6-2-3-8-13(12)22-16)17-15(21)14-10-5-4-7-11(10)19-20-14/h9H,2-8H2,1H3,(H,17,21)(H,19,20). The predicted octanol–water partition coefficient (Wildman–Crippen LogP) is 2.72. The zero-order valence-electron chi connectivity index (χ0n) is 12.7. The third kappa shape index (κ3) is 2.35. The fourth-order valence-electron chi connectivity index (χ4n) is 3.39. The molecule has 6 heteroatoms. The molecule has 0 bridgehead atoms. The summed E-state index contributed by atoms with van der Waals surface area (Å²) in [5, 5.41) is 11.3. The lowest BCUT2D eigenvalue weighted by molar-refractivity contribution is 0.0934. The van der Waals surface area contributed by atoms with Gasteiger partial charge in [-0.25, -0.2) is 4.98 Å². The van der Waals surface area contributed by atoms with Crippen LogP contribution < -0.4 is 5.32 Å². The Morgan fingerprint density at radius 2 is 2.09 bits per heavy atom. The van der Waals surface area contributed by atoms with E-state index >= 15 is 0 Å². The van der Waals surface area contributed by atoms with Crippen molar-refractivity contribution in [1.29, 1.82) is 0 Å². The third-order valence-corrected chi connectivity index (χ3v) is 5.94. The summed E-state index contributed by atoms with van der Waals surface area (Å²) >= 11 is 1.75. The van der Waals surface area contributed by atoms with Crippen molar-refractivity contribution in [2.45, 2.75) is 57.9 Å². The highest BCUT2D eigenvalue weighted by molar-refractivity contribution is 7.11. The highest BCUT2D eigenvalue weighted by Gasteiger charge is 2.25. The molecule has 2 aromatic heterocycles. The minimum Gasteiger partial charge on any atom is -0.342 e. The minimum atomic E-state index is -0.0833. The van der Waals surface area contributed by atoms with Gasteiger partial charge in [0, 0.05) is 16.1 Å². The van der Waals surface area contributed by atoms with Crippen LogP contribution in [0.1, 0.15) is 69.6 Å². The summed E-state index contributed by atoms with van der Waals surface area (Å²) in [4.78, 5) is 18.6. The van der Waals surface area contributed by atoms with Crippen molar-refractivity contribution in [3.05, 3.63) is 32.5 Å². The molecule has 0 fully saturated rings. The highest BCUT2D eigenvalue weighted by Crippen LogP contribution is 2.30. The second kappa shape index (κ2) is 5.50. The van der Waals surface area contributed by atoms with Crippen LogP contribution in [0.25, 0.3) is 0 Å². The Hall–Kier alpha value is -1.69. The molecule has 22 heavy (non-hydrogen) atoms. The Balaban J connectivity index is 1.50. The molecule has 2 aliphatic carbocycles. The summed E-state index contributed by atoms with van der Waals surface area (Å²) < 4.78 is 0. The van der Waals surface area contributed by atoms with Gasteiger partial charge in [-0.3, -0.25) is 9.89 Å². The number of nitrogens with zero attached hydrogens (tertiary/aromatic N) is 2. The van der Waals surface area contributed by atoms with Gasteiger partial charge < -0.3 is 5.32 Å². The van der Waals surface area contributed by atoms with Gasteiger partial charge in [-0.15, -0.1) is 11.3 Å². The molecule has 1 unspecified atom stereocenters. The van der Waals surface area contributed by atoms with Crippen LogP contribution in [0.3, 0.4) is 0 Å². The van der Waals surface area contributed by atoms with Crippen LogP contribution in [0.2, 0.25) is 0 Å². The molecule has 2 N–H and O–H groups in total. The van der Waals surface area contributed by atoms with Gasteiger partial charge in [-0.05, 0) is 51.9 Å². The number of carbonyl (C=O) groups excluding carboxylic acids is 1. The molecular weight excluding hydrogens is 296 g/mol. The molecule has 1 amide bonds. The van der Waals surface area contributed by atoms with Gasteiger partial charge in [0.25, 0.3) is 5.91 Å². The first-order valence-corrected chi connectivity index (χ1v) is 8.89. The zero-order chi connectivity index (χ0) is 15.1. The fraction of sp³-hybridized carbons (Fsp3) is 0.562. The Morgan fingerprint density at radius 3 is 2.95 bits per heavy atom. The molecule has 0 aromatic carbocycles. The fourth-order valence-corrected chi connectivity index (χ4v) is 4.55. The number of nitrogens with one attached hydrogen (secondary N) is 2. The summed E-state index contributed by atoms with van der Waals surface area (Å²) in [5.74, 6) is -0.0833. The van der Waals surface area contributed by atoms with Crippen LogP contribution in [0.5, 0.6) is 0 Å². The Bertz CT molecular complexity index is 694. The normalized spacial score (nSPS) is 17.9. The average molecular weight is 316 g/mol. The SMILES string of the molecule is CC(NC(=O)c1n[nH]c2c1CCC2)c1nc2c(s1)CCCC2. The molecule has 4 rings (SSSR count). The number of thiazole rings is 1. The second-order valence-corrected chi connectivity index (χ2v) is 7.32. The van der Waals surface area contributed by atoms with E-state index in [0.29, 0.717) is 5.69 Å². The summed E-state index contributed by atoms with van der Waals surface area (Å²) in [6, 6.07) is -0.0585. The van der Waals surface area contributed by atoms with Crippen LogP contribution in [-0.2, 0) is 25.7 Å². The number of aromatic nitrogens is 3. The largest absolute Gasteiger partial charge is 0.342 e. The molecule has 0 radical (unpaired) electrons. The first-order chi connectivity index (χ1) is 10.7. The van der Waals surface area contributed by atoms with Crippen molar-refractivity contribution in [3.8, 4) is 0 Å². The molecule has 1 atom stereocenters. The van der Waals surface area contributed by atoms with Gasteiger partial charge in [0.1, 0.15) is 5.01 Å². The maximum Gasteiger partial charge on any atom is 0.272 e. The molecule has 116 valence electrons. The molecule has 2 aromatic rings. The van der Waals surface area contributed by atoms with Crippen LogP contribution in [0.4, 0.5) is 0 Å². The quantitative estimate of drug-likeness (QED) is 0.914. The van der Waals surface area contributed by atoms with Crippen LogP contribution >= 0.6 is 11.3 Å². The number of aromatic amines is 1. The monoisotopic (exact) mass is 316 g/mol. The van der Waals surface area contributed by atoms with Crippen molar-refractivity contribution >= 4 is 17.2 Å². The van der Waals surface area contributed by atoms with Crippen LogP contribution in [-0.4, -0.2) is 21.1 Å². The summed E-state index contributed by atoms with van der Waals surface area (Å²) in [6.45, 7) is 2.01. The maximum atomic E-state index is 12.5. The van der Waals surface area contributed by atoms with E-state index in [2.05, 4.69) is 15.5 Å². The summed E-state index contributed by atoms with van der Waals surface area (Å²) in [7, 11) is 0. The van der Waals surface area contributed by atoms with Crippen LogP contribution in [0, 0.1) is 0 Å². The van der Waals surface area contributed by atoms with E-state index in [4.69, 9.17) is 4.98 Å². The smallest absolute Gasteiger partial charge is 0.272 e. The van der Waals surface area contributed by atoms with E-state index < -0.39 is 0 Å². The van der Waals surface area contributed by atoms with Crippen molar-refractivity contribution in [2.75, 3.05) is 0 Å². The number of fused-ring (bicyclic) bond motifs is 2. The van der Waals surface area contributed by atoms with Crippen molar-refractivity contribution in [3.63, 3.8) is 0 Å². The lowest BCUT2D eigenvalue weighted by atomic mass is 10.0. The summed E-state index contributed by atoms with van der Waals surface area (Å²) in [5.41, 5.74) is 4.04. The number of aryl methyl sites for hydroxylation is 3. The molecule has 2 heterocycles. The van der Waals surface area contributed by atoms with E-state index in [9.17, 15) is 4.79 Å². The van der Waals surface area contributed by atoms with Gasteiger partial charge in [0.15, 0.2) is 5.69 Å². The number of hydrogen-bond donors (Lipinski definition) is 2. The first kappa shape index (κ1) is 13.9.